The van der Waals surface area contributed by atoms with E-state index in [-0.39, 0.29) is 70.0 Å². The van der Waals surface area contributed by atoms with E-state index in [0.29, 0.717) is 41.4 Å². The summed E-state index contributed by atoms with van der Waals surface area (Å²) in [6.07, 6.45) is 7.77. The Hall–Kier alpha value is -7.88. The first-order chi connectivity index (χ1) is 34.0. The second kappa shape index (κ2) is 23.6. The smallest absolute Gasteiger partial charge is 0.328 e. The number of fused-ring (bicyclic) bond motifs is 1. The van der Waals surface area contributed by atoms with Gasteiger partial charge >= 0.3 is 5.69 Å². The summed E-state index contributed by atoms with van der Waals surface area (Å²) >= 11 is 0. The number of rotatable bonds is 25. The molecule has 4 N–H and O–H groups in total. The lowest BCUT2D eigenvalue weighted by Gasteiger charge is -2.28. The highest BCUT2D eigenvalue weighted by Gasteiger charge is 2.46. The summed E-state index contributed by atoms with van der Waals surface area (Å²) in [4.78, 5) is 88.9. The average molecular weight is 1000 g/mol. The molecule has 1 fully saturated rings. The zero-order chi connectivity index (χ0) is 51.4. The van der Waals surface area contributed by atoms with Crippen molar-refractivity contribution in [2.45, 2.75) is 69.2 Å². The number of amides is 6. The Morgan fingerprint density at radius 1 is 0.775 bits per heavy atom. The molecule has 22 heteroatoms. The van der Waals surface area contributed by atoms with Gasteiger partial charge in [0.05, 0.1) is 41.4 Å². The van der Waals surface area contributed by atoms with Gasteiger partial charge in [-0.1, -0.05) is 38.3 Å². The molecule has 1 atom stereocenters. The van der Waals surface area contributed by atoms with Crippen LogP contribution in [0.5, 0.6) is 28.7 Å². The van der Waals surface area contributed by atoms with E-state index in [1.165, 1.54) is 66.7 Å². The Bertz CT molecular complexity index is 2960. The third kappa shape index (κ3) is 12.7. The van der Waals surface area contributed by atoms with Gasteiger partial charge in [0.15, 0.2) is 30.5 Å². The van der Waals surface area contributed by atoms with Crippen LogP contribution >= 0.6 is 0 Å². The van der Waals surface area contributed by atoms with Crippen molar-refractivity contribution in [1.82, 2.24) is 30.0 Å². The minimum atomic E-state index is -4.19. The minimum Gasteiger partial charge on any atom is -0.493 e. The number of hydrogen-bond donors (Lipinski definition) is 4. The lowest BCUT2D eigenvalue weighted by atomic mass is 10.0. The number of carbonyl (C=O) groups is 6. The van der Waals surface area contributed by atoms with Crippen LogP contribution in [0, 0.1) is 0 Å². The van der Waals surface area contributed by atoms with E-state index in [4.69, 9.17) is 23.7 Å². The summed E-state index contributed by atoms with van der Waals surface area (Å²) in [6.45, 7) is 5.27. The van der Waals surface area contributed by atoms with Crippen LogP contribution < -0.4 is 45.3 Å². The average Bonchev–Trinajstić information content (AvgIpc) is 3.69. The Labute approximate surface area is 409 Å². The third-order valence-electron chi connectivity index (χ3n) is 11.7. The number of unbranched alkanes of at least 4 members (excludes halogenated alkanes) is 5. The second-order valence-corrected chi connectivity index (χ2v) is 18.2. The molecule has 6 rings (SSSR count). The first-order valence-electron chi connectivity index (χ1n) is 22.7. The van der Waals surface area contributed by atoms with Gasteiger partial charge in [-0.15, -0.1) is 0 Å². The highest BCUT2D eigenvalue weighted by molar-refractivity contribution is 7.92. The Morgan fingerprint density at radius 3 is 2.00 bits per heavy atom. The van der Waals surface area contributed by atoms with Crippen molar-refractivity contribution in [2.24, 2.45) is 14.1 Å². The second-order valence-electron chi connectivity index (χ2n) is 16.5. The summed E-state index contributed by atoms with van der Waals surface area (Å²) in [7, 11) is 1.83. The molecule has 0 spiro atoms. The molecule has 4 aromatic rings. The Balaban J connectivity index is 0.877. The van der Waals surface area contributed by atoms with E-state index >= 15 is 0 Å². The van der Waals surface area contributed by atoms with Gasteiger partial charge in [-0.3, -0.25) is 52.8 Å². The number of anilines is 1. The van der Waals surface area contributed by atoms with Gasteiger partial charge in [0, 0.05) is 51.3 Å². The SMILES string of the molecule is C=C/C=C(/OCC(=O)NCCCCCCCCNC(=O)COc1ccc(Oc2cc3c(cc2NS(=O)(=O)c2ccc(OC)c(OC)c2)n(C)c(=O)n3C)cc1)C1=C(C)C(=O)N(C2CCC(=O)NC2=O)C1=O. The monoisotopic (exact) mass is 999 g/mol. The molecule has 0 radical (unpaired) electrons. The van der Waals surface area contributed by atoms with Crippen molar-refractivity contribution in [2.75, 3.05) is 45.2 Å². The number of nitrogens with zero attached hydrogens (tertiary/aromatic N) is 3. The number of imidazole rings is 1. The molecular weight excluding hydrogens is 943 g/mol. The normalized spacial score (nSPS) is 15.1. The first kappa shape index (κ1) is 52.5. The molecule has 0 aliphatic carbocycles. The number of nitrogens with one attached hydrogen (secondary N) is 4. The van der Waals surface area contributed by atoms with Crippen molar-refractivity contribution in [3.8, 4) is 28.7 Å². The molecule has 21 nitrogen and oxygen atoms in total. The van der Waals surface area contributed by atoms with E-state index in [9.17, 15) is 42.0 Å². The van der Waals surface area contributed by atoms with Gasteiger partial charge in [-0.2, -0.15) is 0 Å². The largest absolute Gasteiger partial charge is 0.493 e. The van der Waals surface area contributed by atoms with Crippen LogP contribution in [0.2, 0.25) is 0 Å². The summed E-state index contributed by atoms with van der Waals surface area (Å²) in [5, 5.41) is 7.77. The summed E-state index contributed by atoms with van der Waals surface area (Å²) in [5.41, 5.74) is 0.695. The molecule has 3 heterocycles. The van der Waals surface area contributed by atoms with Gasteiger partial charge in [0.25, 0.3) is 33.7 Å². The number of piperidine rings is 1. The number of imide groups is 2. The number of allylic oxidation sites excluding steroid dienone is 2. The number of aromatic nitrogens is 2. The number of carbonyl (C=O) groups excluding carboxylic acids is 6. The summed E-state index contributed by atoms with van der Waals surface area (Å²) < 4.78 is 60.6. The molecule has 2 aliphatic rings. The maximum Gasteiger partial charge on any atom is 0.328 e. The van der Waals surface area contributed by atoms with Gasteiger partial charge in [0.1, 0.15) is 23.3 Å². The van der Waals surface area contributed by atoms with Gasteiger partial charge in [-0.25, -0.2) is 13.2 Å². The molecule has 1 unspecified atom stereocenters. The maximum atomic E-state index is 13.6. The summed E-state index contributed by atoms with van der Waals surface area (Å²) in [5.74, 6) is -1.99. The number of methoxy groups -OCH3 is 2. The fourth-order valence-electron chi connectivity index (χ4n) is 7.89. The van der Waals surface area contributed by atoms with Crippen LogP contribution in [0.4, 0.5) is 5.69 Å². The fourth-order valence-corrected chi connectivity index (χ4v) is 8.96. The van der Waals surface area contributed by atoms with Crippen LogP contribution in [-0.4, -0.2) is 104 Å². The fraction of sp³-hybridized carbons (Fsp3) is 0.367. The van der Waals surface area contributed by atoms with Crippen LogP contribution in [0.25, 0.3) is 11.0 Å². The van der Waals surface area contributed by atoms with Crippen molar-refractivity contribution in [1.29, 1.82) is 0 Å². The quantitative estimate of drug-likeness (QED) is 0.0317. The van der Waals surface area contributed by atoms with Crippen LogP contribution in [0.1, 0.15) is 58.3 Å². The van der Waals surface area contributed by atoms with Crippen molar-refractivity contribution in [3.05, 3.63) is 101 Å². The molecule has 1 saturated heterocycles. The maximum absolute atomic E-state index is 13.6. The van der Waals surface area contributed by atoms with E-state index < -0.39 is 52.2 Å². The van der Waals surface area contributed by atoms with E-state index in [2.05, 4.69) is 27.3 Å². The van der Waals surface area contributed by atoms with Gasteiger partial charge < -0.3 is 34.3 Å². The van der Waals surface area contributed by atoms with Crippen molar-refractivity contribution >= 4 is 62.2 Å². The molecule has 6 amide bonds. The number of sulfonamides is 1. The Morgan fingerprint density at radius 2 is 1.38 bits per heavy atom. The standard InChI is InChI=1S/C49H57N7O14S/c1-7-14-39(45-30(2)47(61)56(48(45)62)35-20-22-42(57)52-46(35)60)69-29-44(59)51-24-13-11-9-8-10-12-23-50-43(58)28-68-31-15-17-32(18-16-31)70-40-27-37-36(54(3)49(63)55(37)4)26-34(40)53-71(64,65)33-19-21-38(66-5)41(25-33)67-6/h7,14-19,21,25-27,35,53H,1,8-13,20,22-24,28-29H2,2-6H3,(H,50,58)(H,51,59)(H,52,57,60)/b39-14+. The van der Waals surface area contributed by atoms with E-state index in [1.807, 2.05) is 0 Å². The lowest BCUT2D eigenvalue weighted by Crippen LogP contribution is -2.54. The highest BCUT2D eigenvalue weighted by atomic mass is 32.2. The predicted octanol–water partition coefficient (Wildman–Crippen LogP) is 4.02. The minimum absolute atomic E-state index is 0.00949. The Kier molecular flexibility index (Phi) is 17.5. The van der Waals surface area contributed by atoms with Gasteiger partial charge in [0.2, 0.25) is 11.8 Å². The number of aryl methyl sites for hydroxylation is 2. The zero-order valence-electron chi connectivity index (χ0n) is 40.1. The van der Waals surface area contributed by atoms with Crippen LogP contribution in [-0.2, 0) is 57.6 Å². The predicted molar refractivity (Wildman–Crippen MR) is 259 cm³/mol. The lowest BCUT2D eigenvalue weighted by molar-refractivity contribution is -0.150. The van der Waals surface area contributed by atoms with Crippen LogP contribution in [0.15, 0.2) is 99.9 Å². The topological polar surface area (TPSA) is 261 Å². The number of hydrogen-bond acceptors (Lipinski definition) is 14. The van der Waals surface area contributed by atoms with E-state index in [0.717, 1.165) is 43.4 Å². The van der Waals surface area contributed by atoms with Crippen LogP contribution in [0.3, 0.4) is 0 Å². The highest BCUT2D eigenvalue weighted by Crippen LogP contribution is 2.37. The first-order valence-corrected chi connectivity index (χ1v) is 24.2. The van der Waals surface area contributed by atoms with E-state index in [1.54, 1.807) is 44.4 Å². The van der Waals surface area contributed by atoms with Gasteiger partial charge in [-0.05, 0) is 74.7 Å². The number of benzene rings is 3. The summed E-state index contributed by atoms with van der Waals surface area (Å²) in [6, 6.07) is 12.5. The third-order valence-corrected chi connectivity index (χ3v) is 13.1. The number of ether oxygens (including phenoxy) is 5. The molecule has 378 valence electrons. The van der Waals surface area contributed by atoms with Crippen molar-refractivity contribution < 1.29 is 60.9 Å². The molecule has 1 aromatic heterocycles. The molecule has 3 aromatic carbocycles. The molecule has 2 aliphatic heterocycles. The zero-order valence-corrected chi connectivity index (χ0v) is 40.9. The molecule has 0 bridgehead atoms. The molecule has 0 saturated carbocycles. The molecule has 71 heavy (non-hydrogen) atoms. The molecular formula is C49H57N7O14S. The van der Waals surface area contributed by atoms with Crippen molar-refractivity contribution in [3.63, 3.8) is 0 Å².